The van der Waals surface area contributed by atoms with Crippen LogP contribution in [0.25, 0.3) is 0 Å². The first-order valence-corrected chi connectivity index (χ1v) is 9.21. The van der Waals surface area contributed by atoms with E-state index in [2.05, 4.69) is 35.1 Å². The van der Waals surface area contributed by atoms with Crippen molar-refractivity contribution in [3.63, 3.8) is 0 Å². The number of amides is 1. The summed E-state index contributed by atoms with van der Waals surface area (Å²) in [5.74, 6) is 2.07. The van der Waals surface area contributed by atoms with Crippen molar-refractivity contribution in [3.8, 4) is 0 Å². The number of carbonyl (C=O) groups excluding carboxylic acids is 1. The van der Waals surface area contributed by atoms with E-state index < -0.39 is 0 Å². The van der Waals surface area contributed by atoms with Gasteiger partial charge in [-0.2, -0.15) is 0 Å². The molecule has 4 saturated carbocycles. The van der Waals surface area contributed by atoms with Gasteiger partial charge in [-0.3, -0.25) is 4.79 Å². The van der Waals surface area contributed by atoms with Crippen LogP contribution in [0.4, 0.5) is 0 Å². The van der Waals surface area contributed by atoms with Gasteiger partial charge in [0.25, 0.3) is 0 Å². The molecule has 20 heavy (non-hydrogen) atoms. The number of alkyl halides is 2. The van der Waals surface area contributed by atoms with Gasteiger partial charge in [0.15, 0.2) is 0 Å². The van der Waals surface area contributed by atoms with Crippen molar-refractivity contribution in [2.75, 3.05) is 6.54 Å². The Labute approximate surface area is 135 Å². The highest BCUT2D eigenvalue weighted by molar-refractivity contribution is 9.10. The topological polar surface area (TPSA) is 29.1 Å². The fourth-order valence-corrected chi connectivity index (χ4v) is 6.10. The summed E-state index contributed by atoms with van der Waals surface area (Å²) in [6.07, 6.45) is 7.42. The Morgan fingerprint density at radius 3 is 2.40 bits per heavy atom. The van der Waals surface area contributed by atoms with Crippen LogP contribution in [0.15, 0.2) is 0 Å². The van der Waals surface area contributed by atoms with Gasteiger partial charge in [0, 0.05) is 11.4 Å². The fourth-order valence-electron chi connectivity index (χ4n) is 5.22. The van der Waals surface area contributed by atoms with Crippen LogP contribution in [-0.2, 0) is 4.79 Å². The molecule has 3 atom stereocenters. The molecule has 0 aromatic heterocycles. The molecule has 4 heteroatoms. The van der Waals surface area contributed by atoms with Crippen LogP contribution in [0.1, 0.15) is 52.4 Å². The molecule has 0 saturated heterocycles. The molecule has 2 nitrogen and oxygen atoms in total. The lowest BCUT2D eigenvalue weighted by Gasteiger charge is -2.60. The van der Waals surface area contributed by atoms with E-state index in [-0.39, 0.29) is 21.0 Å². The highest BCUT2D eigenvalue weighted by Crippen LogP contribution is 2.63. The molecule has 0 aliphatic heterocycles. The van der Waals surface area contributed by atoms with Crippen LogP contribution < -0.4 is 5.32 Å². The number of hydrogen-bond donors (Lipinski definition) is 1. The quantitative estimate of drug-likeness (QED) is 0.750. The molecule has 0 radical (unpaired) electrons. The van der Waals surface area contributed by atoms with Crippen molar-refractivity contribution >= 4 is 33.4 Å². The van der Waals surface area contributed by atoms with Gasteiger partial charge in [-0.25, -0.2) is 0 Å². The fraction of sp³-hybridized carbons (Fsp3) is 0.938. The van der Waals surface area contributed by atoms with Crippen molar-refractivity contribution in [1.29, 1.82) is 0 Å². The lowest BCUT2D eigenvalue weighted by Crippen LogP contribution is -2.57. The summed E-state index contributed by atoms with van der Waals surface area (Å²) >= 11 is 10.3. The Hall–Kier alpha value is 0.240. The molecule has 0 spiro atoms. The highest BCUT2D eigenvalue weighted by atomic mass is 79.9. The first-order chi connectivity index (χ1) is 9.31. The third-order valence-corrected chi connectivity index (χ3v) is 7.50. The monoisotopic (exact) mass is 361 g/mol. The molecule has 4 aliphatic carbocycles. The van der Waals surface area contributed by atoms with Gasteiger partial charge in [0.05, 0.1) is 4.83 Å². The van der Waals surface area contributed by atoms with Crippen LogP contribution >= 0.6 is 27.5 Å². The molecular formula is C16H25BrClNO. The summed E-state index contributed by atoms with van der Waals surface area (Å²) < 4.78 is 0. The van der Waals surface area contributed by atoms with E-state index >= 15 is 0 Å². The largest absolute Gasteiger partial charge is 0.355 e. The molecule has 3 unspecified atom stereocenters. The van der Waals surface area contributed by atoms with Gasteiger partial charge < -0.3 is 5.32 Å². The maximum Gasteiger partial charge on any atom is 0.234 e. The van der Waals surface area contributed by atoms with Gasteiger partial charge in [-0.15, -0.1) is 11.6 Å². The minimum atomic E-state index is -0.0821. The van der Waals surface area contributed by atoms with E-state index in [4.69, 9.17) is 11.6 Å². The summed E-state index contributed by atoms with van der Waals surface area (Å²) in [4.78, 5) is 12.1. The summed E-state index contributed by atoms with van der Waals surface area (Å²) in [7, 11) is 0. The average Bonchev–Trinajstić information content (AvgIpc) is 2.32. The second-order valence-electron chi connectivity index (χ2n) is 7.98. The third kappa shape index (κ3) is 2.77. The van der Waals surface area contributed by atoms with E-state index in [1.807, 2.05) is 0 Å². The van der Waals surface area contributed by atoms with Crippen molar-refractivity contribution in [2.24, 2.45) is 23.2 Å². The minimum absolute atomic E-state index is 0.0423. The summed E-state index contributed by atoms with van der Waals surface area (Å²) in [5, 5.41) is 3.19. The second kappa shape index (κ2) is 5.15. The van der Waals surface area contributed by atoms with Gasteiger partial charge >= 0.3 is 0 Å². The Kier molecular flexibility index (Phi) is 3.90. The van der Waals surface area contributed by atoms with Crippen LogP contribution in [0.2, 0.25) is 0 Å². The van der Waals surface area contributed by atoms with Crippen molar-refractivity contribution in [2.45, 2.75) is 62.1 Å². The average molecular weight is 363 g/mol. The van der Waals surface area contributed by atoms with Crippen molar-refractivity contribution < 1.29 is 4.79 Å². The van der Waals surface area contributed by atoms with E-state index in [1.54, 1.807) is 0 Å². The Bertz CT molecular complexity index is 397. The maximum absolute atomic E-state index is 12.2. The van der Waals surface area contributed by atoms with Gasteiger partial charge in [-0.1, -0.05) is 29.8 Å². The normalized spacial score (nSPS) is 43.9. The Balaban J connectivity index is 1.64. The van der Waals surface area contributed by atoms with E-state index in [0.29, 0.717) is 5.92 Å². The maximum atomic E-state index is 12.2. The summed E-state index contributed by atoms with van der Waals surface area (Å²) in [5.41, 5.74) is 0.283. The van der Waals surface area contributed by atoms with Crippen LogP contribution in [0.3, 0.4) is 0 Å². The SMILES string of the molecule is CC(C)C(Br)C(=O)NCC12CC3CC(CC(Cl)(C3)C1)C2. The van der Waals surface area contributed by atoms with E-state index in [0.717, 1.165) is 24.8 Å². The van der Waals surface area contributed by atoms with Gasteiger partial charge in [0.1, 0.15) is 0 Å². The van der Waals surface area contributed by atoms with E-state index in [1.165, 1.54) is 32.1 Å². The molecule has 1 N–H and O–H groups in total. The lowest BCUT2D eigenvalue weighted by molar-refractivity contribution is -0.123. The highest BCUT2D eigenvalue weighted by Gasteiger charge is 2.56. The molecule has 0 heterocycles. The Morgan fingerprint density at radius 2 is 1.90 bits per heavy atom. The zero-order chi connectivity index (χ0) is 14.5. The van der Waals surface area contributed by atoms with Gasteiger partial charge in [-0.05, 0) is 61.7 Å². The van der Waals surface area contributed by atoms with Crippen LogP contribution in [0, 0.1) is 23.2 Å². The standard InChI is InChI=1S/C16H25BrClNO/c1-10(2)13(17)14(20)19-9-15-4-11-3-12(5-15)7-16(18,6-11)8-15/h10-13H,3-9H2,1-2H3,(H,19,20). The molecule has 4 fully saturated rings. The predicted molar refractivity (Wildman–Crippen MR) is 86.3 cm³/mol. The zero-order valence-electron chi connectivity index (χ0n) is 12.4. The second-order valence-corrected chi connectivity index (χ2v) is 9.76. The molecular weight excluding hydrogens is 338 g/mol. The Morgan fingerprint density at radius 1 is 1.30 bits per heavy atom. The number of nitrogens with one attached hydrogen (secondary N) is 1. The number of halogens is 2. The number of hydrogen-bond acceptors (Lipinski definition) is 1. The third-order valence-electron chi connectivity index (χ3n) is 5.58. The first-order valence-electron chi connectivity index (χ1n) is 7.92. The number of carbonyl (C=O) groups is 1. The van der Waals surface area contributed by atoms with Crippen molar-refractivity contribution in [3.05, 3.63) is 0 Å². The molecule has 4 rings (SSSR count). The number of rotatable bonds is 4. The summed E-state index contributed by atoms with van der Waals surface area (Å²) in [6.45, 7) is 4.96. The minimum Gasteiger partial charge on any atom is -0.355 e. The molecule has 4 aliphatic rings. The van der Waals surface area contributed by atoms with E-state index in [9.17, 15) is 4.79 Å². The smallest absolute Gasteiger partial charge is 0.234 e. The van der Waals surface area contributed by atoms with Crippen LogP contribution in [-0.4, -0.2) is 22.2 Å². The molecule has 114 valence electrons. The zero-order valence-corrected chi connectivity index (χ0v) is 14.8. The van der Waals surface area contributed by atoms with Crippen LogP contribution in [0.5, 0.6) is 0 Å². The molecule has 0 aromatic carbocycles. The molecule has 1 amide bonds. The molecule has 4 bridgehead atoms. The lowest BCUT2D eigenvalue weighted by atomic mass is 9.49. The van der Waals surface area contributed by atoms with Gasteiger partial charge in [0.2, 0.25) is 5.91 Å². The summed E-state index contributed by atoms with van der Waals surface area (Å²) in [6, 6.07) is 0. The predicted octanol–water partition coefficient (Wildman–Crippen LogP) is 4.10. The van der Waals surface area contributed by atoms with Crippen molar-refractivity contribution in [1.82, 2.24) is 5.32 Å². The molecule has 0 aromatic rings. The first kappa shape index (κ1) is 15.1.